The van der Waals surface area contributed by atoms with Crippen LogP contribution in [0.3, 0.4) is 0 Å². The maximum atomic E-state index is 12.6. The van der Waals surface area contributed by atoms with Crippen LogP contribution in [-0.2, 0) is 11.3 Å². The van der Waals surface area contributed by atoms with Crippen LogP contribution < -0.4 is 5.32 Å². The average Bonchev–Trinajstić information content (AvgIpc) is 3.17. The quantitative estimate of drug-likeness (QED) is 0.831. The van der Waals surface area contributed by atoms with Gasteiger partial charge in [-0.3, -0.25) is 9.20 Å². The highest BCUT2D eigenvalue weighted by Crippen LogP contribution is 2.32. The fraction of sp³-hybridized carbons (Fsp3) is 0.647. The number of fused-ring (bicyclic) bond motifs is 1. The molecule has 2 aliphatic rings. The number of thiazole rings is 1. The minimum absolute atomic E-state index is 0.102. The summed E-state index contributed by atoms with van der Waals surface area (Å²) < 4.78 is 2.02. The van der Waals surface area contributed by atoms with Crippen molar-refractivity contribution in [2.75, 3.05) is 19.6 Å². The lowest BCUT2D eigenvalue weighted by Gasteiger charge is -2.38. The zero-order valence-electron chi connectivity index (χ0n) is 14.0. The van der Waals surface area contributed by atoms with E-state index in [0.29, 0.717) is 18.9 Å². The van der Waals surface area contributed by atoms with Gasteiger partial charge in [-0.05, 0) is 38.5 Å². The Morgan fingerprint density at radius 2 is 2.29 bits per heavy atom. The Morgan fingerprint density at radius 3 is 3.04 bits per heavy atom. The summed E-state index contributed by atoms with van der Waals surface area (Å²) in [6.45, 7) is 4.52. The Kier molecular flexibility index (Phi) is 4.10. The van der Waals surface area contributed by atoms with Gasteiger partial charge < -0.3 is 15.3 Å². The fourth-order valence-electron chi connectivity index (χ4n) is 3.46. The predicted molar refractivity (Wildman–Crippen MR) is 93.0 cm³/mol. The lowest BCUT2D eigenvalue weighted by molar-refractivity contribution is -0.156. The predicted octanol–water partition coefficient (Wildman–Crippen LogP) is 1.56. The number of nitrogens with zero attached hydrogens (tertiary/aromatic N) is 3. The molecule has 2 aromatic heterocycles. The van der Waals surface area contributed by atoms with Crippen molar-refractivity contribution in [3.05, 3.63) is 23.0 Å². The highest BCUT2D eigenvalue weighted by Gasteiger charge is 2.43. The third-order valence-electron chi connectivity index (χ3n) is 4.92. The summed E-state index contributed by atoms with van der Waals surface area (Å²) in [6, 6.07) is 0. The Balaban J connectivity index is 1.34. The number of nitrogens with one attached hydrogen (secondary N) is 1. The molecule has 130 valence electrons. The van der Waals surface area contributed by atoms with E-state index in [1.165, 1.54) is 17.7 Å². The van der Waals surface area contributed by atoms with Gasteiger partial charge in [-0.1, -0.05) is 0 Å². The van der Waals surface area contributed by atoms with Crippen LogP contribution in [0.5, 0.6) is 0 Å². The third-order valence-corrected chi connectivity index (χ3v) is 5.84. The van der Waals surface area contributed by atoms with Crippen molar-refractivity contribution in [2.24, 2.45) is 5.92 Å². The van der Waals surface area contributed by atoms with E-state index < -0.39 is 5.60 Å². The molecular formula is C17H24N4O2S. The molecular weight excluding hydrogens is 324 g/mol. The average molecular weight is 348 g/mol. The largest absolute Gasteiger partial charge is 0.379 e. The van der Waals surface area contributed by atoms with E-state index in [9.17, 15) is 9.90 Å². The molecule has 24 heavy (non-hydrogen) atoms. The molecule has 1 aliphatic carbocycles. The number of hydrogen-bond acceptors (Lipinski definition) is 5. The summed E-state index contributed by atoms with van der Waals surface area (Å²) in [7, 11) is 0. The molecule has 0 spiro atoms. The number of likely N-dealkylation sites (tertiary alicyclic amines) is 1. The molecule has 1 saturated carbocycles. The number of rotatable bonds is 6. The Bertz CT molecular complexity index is 719. The second kappa shape index (κ2) is 6.13. The van der Waals surface area contributed by atoms with Gasteiger partial charge in [0.05, 0.1) is 5.69 Å². The third kappa shape index (κ3) is 3.20. The molecule has 1 amide bonds. The van der Waals surface area contributed by atoms with E-state index in [0.717, 1.165) is 30.2 Å². The maximum Gasteiger partial charge on any atom is 0.255 e. The summed E-state index contributed by atoms with van der Waals surface area (Å²) in [6.07, 6.45) is 7.91. The number of carbonyl (C=O) groups is 1. The monoisotopic (exact) mass is 348 g/mol. The van der Waals surface area contributed by atoms with Crippen molar-refractivity contribution >= 4 is 22.2 Å². The number of carbonyl (C=O) groups excluding carboxylic acids is 1. The van der Waals surface area contributed by atoms with E-state index in [1.807, 2.05) is 15.5 Å². The van der Waals surface area contributed by atoms with Crippen LogP contribution in [-0.4, -0.2) is 50.5 Å². The molecule has 7 heteroatoms. The molecule has 2 aromatic rings. The van der Waals surface area contributed by atoms with Gasteiger partial charge in [0.2, 0.25) is 0 Å². The molecule has 2 N–H and O–H groups in total. The second-order valence-corrected chi connectivity index (χ2v) is 8.41. The lowest BCUT2D eigenvalue weighted by Crippen LogP contribution is -2.58. The summed E-state index contributed by atoms with van der Waals surface area (Å²) >= 11 is 1.66. The van der Waals surface area contributed by atoms with E-state index in [1.54, 1.807) is 11.3 Å². The molecule has 4 rings (SSSR count). The molecule has 0 bridgehead atoms. The first kappa shape index (κ1) is 16.1. The number of piperidine rings is 1. The molecule has 3 heterocycles. The Hall–Kier alpha value is -1.44. The van der Waals surface area contributed by atoms with Crippen molar-refractivity contribution in [3.63, 3.8) is 0 Å². The minimum atomic E-state index is -1.26. The SMILES string of the molecule is Cc1cn2cc(CNCC3(O)CCCN(CC4CC4)C3=O)nc2s1. The van der Waals surface area contributed by atoms with Gasteiger partial charge in [-0.15, -0.1) is 11.3 Å². The van der Waals surface area contributed by atoms with Crippen LogP contribution in [0.2, 0.25) is 0 Å². The van der Waals surface area contributed by atoms with Crippen LogP contribution in [0.25, 0.3) is 4.96 Å². The van der Waals surface area contributed by atoms with Crippen molar-refractivity contribution in [2.45, 2.75) is 44.8 Å². The number of aryl methyl sites for hydroxylation is 1. The molecule has 0 aromatic carbocycles. The number of aliphatic hydroxyl groups is 1. The highest BCUT2D eigenvalue weighted by atomic mass is 32.1. The van der Waals surface area contributed by atoms with Crippen molar-refractivity contribution < 1.29 is 9.90 Å². The van der Waals surface area contributed by atoms with Crippen LogP contribution in [0.15, 0.2) is 12.4 Å². The Morgan fingerprint density at radius 1 is 1.46 bits per heavy atom. The lowest BCUT2D eigenvalue weighted by atomic mass is 9.91. The van der Waals surface area contributed by atoms with Gasteiger partial charge >= 0.3 is 0 Å². The van der Waals surface area contributed by atoms with Gasteiger partial charge in [0.25, 0.3) is 5.91 Å². The van der Waals surface area contributed by atoms with Crippen molar-refractivity contribution in [3.8, 4) is 0 Å². The van der Waals surface area contributed by atoms with E-state index >= 15 is 0 Å². The van der Waals surface area contributed by atoms with Gasteiger partial charge in [-0.2, -0.15) is 0 Å². The molecule has 0 radical (unpaired) electrons. The first-order valence-corrected chi connectivity index (χ1v) is 9.52. The second-order valence-electron chi connectivity index (χ2n) is 7.20. The molecule has 6 nitrogen and oxygen atoms in total. The highest BCUT2D eigenvalue weighted by molar-refractivity contribution is 7.16. The molecule has 2 fully saturated rings. The van der Waals surface area contributed by atoms with E-state index in [2.05, 4.69) is 23.4 Å². The van der Waals surface area contributed by atoms with Gasteiger partial charge in [0, 0.05) is 43.4 Å². The van der Waals surface area contributed by atoms with Crippen LogP contribution >= 0.6 is 11.3 Å². The van der Waals surface area contributed by atoms with Crippen molar-refractivity contribution in [1.29, 1.82) is 0 Å². The zero-order valence-corrected chi connectivity index (χ0v) is 14.8. The van der Waals surface area contributed by atoms with Gasteiger partial charge in [-0.25, -0.2) is 4.98 Å². The Labute approximate surface area is 145 Å². The number of amides is 1. The first-order chi connectivity index (χ1) is 11.5. The van der Waals surface area contributed by atoms with Crippen LogP contribution in [0.1, 0.15) is 36.3 Å². The molecule has 1 atom stereocenters. The van der Waals surface area contributed by atoms with Crippen molar-refractivity contribution in [1.82, 2.24) is 19.6 Å². The maximum absolute atomic E-state index is 12.6. The first-order valence-electron chi connectivity index (χ1n) is 8.70. The van der Waals surface area contributed by atoms with Crippen LogP contribution in [0.4, 0.5) is 0 Å². The van der Waals surface area contributed by atoms with Gasteiger partial charge in [0.15, 0.2) is 10.6 Å². The molecule has 1 unspecified atom stereocenters. The van der Waals surface area contributed by atoms with Crippen LogP contribution in [0, 0.1) is 12.8 Å². The van der Waals surface area contributed by atoms with Gasteiger partial charge in [0.1, 0.15) is 0 Å². The number of aromatic nitrogens is 2. The summed E-state index contributed by atoms with van der Waals surface area (Å²) in [5.41, 5.74) is -0.330. The molecule has 1 aliphatic heterocycles. The number of hydrogen-bond donors (Lipinski definition) is 2. The fourth-order valence-corrected chi connectivity index (χ4v) is 4.29. The summed E-state index contributed by atoms with van der Waals surface area (Å²) in [5, 5.41) is 14.0. The standard InChI is InChI=1S/C17H24N4O2S/c1-12-8-21-10-14(19-16(21)24-12)7-18-11-17(23)5-2-6-20(15(17)22)9-13-3-4-13/h8,10,13,18,23H,2-7,9,11H2,1H3. The minimum Gasteiger partial charge on any atom is -0.379 e. The van der Waals surface area contributed by atoms with E-state index in [4.69, 9.17) is 0 Å². The molecule has 1 saturated heterocycles. The zero-order chi connectivity index (χ0) is 16.7. The summed E-state index contributed by atoms with van der Waals surface area (Å²) in [5.74, 6) is 0.556. The normalized spacial score (nSPS) is 24.9. The summed E-state index contributed by atoms with van der Waals surface area (Å²) in [4.78, 5) is 21.2. The smallest absolute Gasteiger partial charge is 0.255 e. The van der Waals surface area contributed by atoms with E-state index in [-0.39, 0.29) is 12.5 Å². The number of imidazole rings is 1. The topological polar surface area (TPSA) is 69.9 Å².